The zero-order valence-electron chi connectivity index (χ0n) is 16.4. The molecule has 0 aliphatic carbocycles. The number of hydrogen-bond acceptors (Lipinski definition) is 2. The van der Waals surface area contributed by atoms with Crippen molar-refractivity contribution in [1.82, 2.24) is 5.32 Å². The van der Waals surface area contributed by atoms with Crippen LogP contribution in [0.3, 0.4) is 0 Å². The van der Waals surface area contributed by atoms with E-state index in [-0.39, 0.29) is 11.9 Å². The number of amides is 1. The Balaban J connectivity index is 1.49. The number of anilines is 1. The molecule has 0 bridgehead atoms. The summed E-state index contributed by atoms with van der Waals surface area (Å²) in [6.45, 7) is 10.8. The Morgan fingerprint density at radius 1 is 1.15 bits per heavy atom. The standard InChI is InChI=1S/C22H28ClN3O/c1-16-5-4-6-21(17(16)2)26-13-11-25(12-14-26)15-22(27)24-18(3)19-7-9-20(23)10-8-19/h4-10,18H,11-15H2,1-3H3,(H,24,27)/p+1/t18-/m1/s1. The SMILES string of the molecule is Cc1cccc(N2CC[NH+](CC(=O)N[C@H](C)c3ccc(Cl)cc3)CC2)c1C. The number of rotatable bonds is 5. The number of hydrogen-bond donors (Lipinski definition) is 2. The summed E-state index contributed by atoms with van der Waals surface area (Å²) < 4.78 is 0. The normalized spacial score (nSPS) is 16.2. The Hall–Kier alpha value is -2.04. The monoisotopic (exact) mass is 386 g/mol. The van der Waals surface area contributed by atoms with Gasteiger partial charge in [-0.3, -0.25) is 4.79 Å². The van der Waals surface area contributed by atoms with Crippen LogP contribution < -0.4 is 15.1 Å². The van der Waals surface area contributed by atoms with Crippen molar-refractivity contribution in [1.29, 1.82) is 0 Å². The van der Waals surface area contributed by atoms with Crippen LogP contribution in [0, 0.1) is 13.8 Å². The molecule has 1 fully saturated rings. The highest BCUT2D eigenvalue weighted by molar-refractivity contribution is 6.30. The van der Waals surface area contributed by atoms with Gasteiger partial charge in [0.25, 0.3) is 5.91 Å². The maximum absolute atomic E-state index is 12.4. The first-order chi connectivity index (χ1) is 12.9. The highest BCUT2D eigenvalue weighted by atomic mass is 35.5. The van der Waals surface area contributed by atoms with E-state index in [1.807, 2.05) is 31.2 Å². The summed E-state index contributed by atoms with van der Waals surface area (Å²) in [4.78, 5) is 16.2. The molecule has 2 N–H and O–H groups in total. The third-order valence-corrected chi connectivity index (χ3v) is 5.80. The first-order valence-corrected chi connectivity index (χ1v) is 10.0. The summed E-state index contributed by atoms with van der Waals surface area (Å²) in [7, 11) is 0. The predicted octanol–water partition coefficient (Wildman–Crippen LogP) is 2.54. The molecule has 2 aromatic rings. The molecule has 1 heterocycles. The van der Waals surface area contributed by atoms with Gasteiger partial charge in [-0.15, -0.1) is 0 Å². The third kappa shape index (κ3) is 5.02. The van der Waals surface area contributed by atoms with Gasteiger partial charge < -0.3 is 15.1 Å². The topological polar surface area (TPSA) is 36.8 Å². The first-order valence-electron chi connectivity index (χ1n) is 9.63. The minimum absolute atomic E-state index is 0.00889. The Labute approximate surface area is 167 Å². The molecule has 1 amide bonds. The minimum atomic E-state index is -0.00889. The maximum Gasteiger partial charge on any atom is 0.275 e. The Morgan fingerprint density at radius 3 is 2.48 bits per heavy atom. The Bertz CT molecular complexity index is 783. The molecule has 0 unspecified atom stereocenters. The predicted molar refractivity (Wildman–Crippen MR) is 112 cm³/mol. The van der Waals surface area contributed by atoms with Crippen LogP contribution in [-0.2, 0) is 4.79 Å². The average Bonchev–Trinajstić information content (AvgIpc) is 2.65. The van der Waals surface area contributed by atoms with Gasteiger partial charge in [0.15, 0.2) is 6.54 Å². The molecule has 0 saturated carbocycles. The van der Waals surface area contributed by atoms with Crippen LogP contribution in [0.1, 0.15) is 29.7 Å². The molecule has 27 heavy (non-hydrogen) atoms. The van der Waals surface area contributed by atoms with Gasteiger partial charge in [-0.2, -0.15) is 0 Å². The molecule has 1 aliphatic heterocycles. The van der Waals surface area contributed by atoms with Crippen LogP contribution in [0.4, 0.5) is 5.69 Å². The second kappa shape index (κ2) is 8.77. The molecular formula is C22H29ClN3O+. The van der Waals surface area contributed by atoms with E-state index in [9.17, 15) is 4.79 Å². The van der Waals surface area contributed by atoms with Gasteiger partial charge in [0.2, 0.25) is 0 Å². The van der Waals surface area contributed by atoms with Crippen molar-refractivity contribution in [3.63, 3.8) is 0 Å². The van der Waals surface area contributed by atoms with E-state index in [1.54, 1.807) is 0 Å². The number of benzene rings is 2. The van der Waals surface area contributed by atoms with E-state index in [4.69, 9.17) is 11.6 Å². The molecule has 0 radical (unpaired) electrons. The quantitative estimate of drug-likeness (QED) is 0.828. The molecule has 1 aliphatic rings. The summed E-state index contributed by atoms with van der Waals surface area (Å²) in [6.07, 6.45) is 0. The lowest BCUT2D eigenvalue weighted by Gasteiger charge is -2.34. The fraction of sp³-hybridized carbons (Fsp3) is 0.409. The molecule has 2 aromatic carbocycles. The molecule has 1 saturated heterocycles. The molecule has 4 nitrogen and oxygen atoms in total. The summed E-state index contributed by atoms with van der Waals surface area (Å²) >= 11 is 5.93. The van der Waals surface area contributed by atoms with E-state index in [0.29, 0.717) is 11.6 Å². The second-order valence-corrected chi connectivity index (χ2v) is 7.91. The van der Waals surface area contributed by atoms with Crippen LogP contribution >= 0.6 is 11.6 Å². The highest BCUT2D eigenvalue weighted by Gasteiger charge is 2.24. The van der Waals surface area contributed by atoms with Crippen molar-refractivity contribution in [2.24, 2.45) is 0 Å². The number of quaternary nitrogens is 1. The minimum Gasteiger partial charge on any atom is -0.360 e. The summed E-state index contributed by atoms with van der Waals surface area (Å²) in [6, 6.07) is 14.1. The van der Waals surface area contributed by atoms with Crippen molar-refractivity contribution in [3.8, 4) is 0 Å². The van der Waals surface area contributed by atoms with Gasteiger partial charge in [0.1, 0.15) is 0 Å². The van der Waals surface area contributed by atoms with Gasteiger partial charge >= 0.3 is 0 Å². The molecule has 3 rings (SSSR count). The molecule has 1 atom stereocenters. The molecule has 5 heteroatoms. The molecule has 0 spiro atoms. The number of nitrogens with zero attached hydrogens (tertiary/aromatic N) is 1. The van der Waals surface area contributed by atoms with Gasteiger partial charge in [0.05, 0.1) is 32.2 Å². The number of halogens is 1. The van der Waals surface area contributed by atoms with Crippen molar-refractivity contribution < 1.29 is 9.69 Å². The van der Waals surface area contributed by atoms with Crippen molar-refractivity contribution >= 4 is 23.2 Å². The lowest BCUT2D eigenvalue weighted by atomic mass is 10.1. The molecule has 144 valence electrons. The molecular weight excluding hydrogens is 358 g/mol. The van der Waals surface area contributed by atoms with Crippen LogP contribution in [0.25, 0.3) is 0 Å². The lowest BCUT2D eigenvalue weighted by molar-refractivity contribution is -0.892. The lowest BCUT2D eigenvalue weighted by Crippen LogP contribution is -3.16. The summed E-state index contributed by atoms with van der Waals surface area (Å²) in [5.74, 6) is 0.104. The van der Waals surface area contributed by atoms with E-state index >= 15 is 0 Å². The number of aryl methyl sites for hydroxylation is 1. The number of piperazine rings is 1. The first kappa shape index (κ1) is 19.7. The fourth-order valence-corrected chi connectivity index (χ4v) is 3.80. The zero-order valence-corrected chi connectivity index (χ0v) is 17.1. The maximum atomic E-state index is 12.4. The van der Waals surface area contributed by atoms with Crippen molar-refractivity contribution in [2.75, 3.05) is 37.6 Å². The van der Waals surface area contributed by atoms with E-state index < -0.39 is 0 Å². The average molecular weight is 387 g/mol. The van der Waals surface area contributed by atoms with E-state index in [0.717, 1.165) is 31.7 Å². The van der Waals surface area contributed by atoms with Gasteiger partial charge in [0, 0.05) is 10.7 Å². The molecule has 0 aromatic heterocycles. The van der Waals surface area contributed by atoms with Gasteiger partial charge in [-0.1, -0.05) is 35.9 Å². The van der Waals surface area contributed by atoms with Gasteiger partial charge in [-0.05, 0) is 55.7 Å². The smallest absolute Gasteiger partial charge is 0.275 e. The van der Waals surface area contributed by atoms with Crippen LogP contribution in [0.15, 0.2) is 42.5 Å². The zero-order chi connectivity index (χ0) is 19.4. The number of carbonyl (C=O) groups excluding carboxylic acids is 1. The van der Waals surface area contributed by atoms with E-state index in [1.165, 1.54) is 21.7 Å². The highest BCUT2D eigenvalue weighted by Crippen LogP contribution is 2.22. The van der Waals surface area contributed by atoms with Gasteiger partial charge in [-0.25, -0.2) is 0 Å². The second-order valence-electron chi connectivity index (χ2n) is 7.47. The summed E-state index contributed by atoms with van der Waals surface area (Å²) in [5.41, 5.74) is 5.09. The Morgan fingerprint density at radius 2 is 1.81 bits per heavy atom. The largest absolute Gasteiger partial charge is 0.360 e. The third-order valence-electron chi connectivity index (χ3n) is 5.55. The van der Waals surface area contributed by atoms with Crippen LogP contribution in [-0.4, -0.2) is 38.6 Å². The number of nitrogens with one attached hydrogen (secondary N) is 2. The van der Waals surface area contributed by atoms with Crippen molar-refractivity contribution in [3.05, 3.63) is 64.2 Å². The van der Waals surface area contributed by atoms with E-state index in [2.05, 4.69) is 42.3 Å². The Kier molecular flexibility index (Phi) is 6.40. The van der Waals surface area contributed by atoms with Crippen LogP contribution in [0.2, 0.25) is 5.02 Å². The van der Waals surface area contributed by atoms with Crippen LogP contribution in [0.5, 0.6) is 0 Å². The number of carbonyl (C=O) groups is 1. The fourth-order valence-electron chi connectivity index (χ4n) is 3.67. The van der Waals surface area contributed by atoms with Crippen molar-refractivity contribution in [2.45, 2.75) is 26.8 Å². The summed E-state index contributed by atoms with van der Waals surface area (Å²) in [5, 5.41) is 3.82.